The highest BCUT2D eigenvalue weighted by molar-refractivity contribution is 5.34. The number of ether oxygens (including phenoxy) is 1. The molecule has 0 saturated carbocycles. The smallest absolute Gasteiger partial charge is 0.350 e. The fraction of sp³-hybridized carbons (Fsp3) is 0.176. The molecule has 6 heteroatoms. The quantitative estimate of drug-likeness (QED) is 0.744. The monoisotopic (exact) mass is 313 g/mol. The van der Waals surface area contributed by atoms with E-state index < -0.39 is 5.82 Å². The van der Waals surface area contributed by atoms with Crippen LogP contribution in [0.3, 0.4) is 0 Å². The summed E-state index contributed by atoms with van der Waals surface area (Å²) in [7, 11) is 1.60. The molecule has 0 aliphatic rings. The summed E-state index contributed by atoms with van der Waals surface area (Å²) in [5.74, 6) is 0.726. The maximum Gasteiger partial charge on any atom is 0.350 e. The van der Waals surface area contributed by atoms with Crippen LogP contribution >= 0.6 is 0 Å². The molecular weight excluding hydrogens is 297 g/mol. The number of methoxy groups -OCH3 is 1. The first-order valence-electron chi connectivity index (χ1n) is 7.14. The Morgan fingerprint density at radius 3 is 2.48 bits per heavy atom. The van der Waals surface area contributed by atoms with Gasteiger partial charge in [0.15, 0.2) is 0 Å². The van der Waals surface area contributed by atoms with E-state index in [0.717, 1.165) is 11.3 Å². The average molecular weight is 313 g/mol. The molecule has 0 saturated heterocycles. The molecule has 1 heterocycles. The van der Waals surface area contributed by atoms with Gasteiger partial charge in [-0.25, -0.2) is 18.4 Å². The largest absolute Gasteiger partial charge is 0.497 e. The Morgan fingerprint density at radius 1 is 1.13 bits per heavy atom. The molecule has 3 aromatic rings. The van der Waals surface area contributed by atoms with Gasteiger partial charge >= 0.3 is 5.69 Å². The molecule has 0 spiro atoms. The Kier molecular flexibility index (Phi) is 3.97. The van der Waals surface area contributed by atoms with Gasteiger partial charge in [0.2, 0.25) is 0 Å². The zero-order valence-electron chi connectivity index (χ0n) is 12.9. The van der Waals surface area contributed by atoms with Crippen LogP contribution in [0.25, 0.3) is 5.69 Å². The zero-order chi connectivity index (χ0) is 16.4. The lowest BCUT2D eigenvalue weighted by molar-refractivity contribution is 0.414. The van der Waals surface area contributed by atoms with Crippen molar-refractivity contribution in [1.82, 2.24) is 14.3 Å². The highest BCUT2D eigenvalue weighted by Gasteiger charge is 2.14. The molecule has 118 valence electrons. The van der Waals surface area contributed by atoms with Crippen LogP contribution in [0.15, 0.2) is 53.3 Å². The number of halogens is 1. The number of hydrogen-bond acceptors (Lipinski definition) is 3. The Hall–Kier alpha value is -2.89. The highest BCUT2D eigenvalue weighted by Crippen LogP contribution is 2.14. The van der Waals surface area contributed by atoms with E-state index in [0.29, 0.717) is 12.4 Å². The van der Waals surface area contributed by atoms with Crippen LogP contribution < -0.4 is 10.4 Å². The number of nitrogens with zero attached hydrogens (tertiary/aromatic N) is 3. The van der Waals surface area contributed by atoms with Crippen molar-refractivity contribution in [2.24, 2.45) is 0 Å². The lowest BCUT2D eigenvalue weighted by atomic mass is 10.2. The van der Waals surface area contributed by atoms with Crippen LogP contribution in [-0.2, 0) is 6.54 Å². The summed E-state index contributed by atoms with van der Waals surface area (Å²) in [6, 6.07) is 13.5. The molecule has 0 aliphatic heterocycles. The first kappa shape index (κ1) is 15.0. The van der Waals surface area contributed by atoms with Crippen molar-refractivity contribution in [3.8, 4) is 11.4 Å². The standard InChI is InChI=1S/C17H16FN3O2/c1-12-19-20(11-13-7-9-14(23-2)10-8-13)17(22)21(12)16-6-4-3-5-15(16)18/h3-10H,11H2,1-2H3. The van der Waals surface area contributed by atoms with Crippen molar-refractivity contribution in [3.63, 3.8) is 0 Å². The summed E-state index contributed by atoms with van der Waals surface area (Å²) in [4.78, 5) is 12.5. The summed E-state index contributed by atoms with van der Waals surface area (Å²) >= 11 is 0. The molecule has 0 aliphatic carbocycles. The lowest BCUT2D eigenvalue weighted by Gasteiger charge is -2.04. The number of rotatable bonds is 4. The van der Waals surface area contributed by atoms with Crippen LogP contribution in [0.1, 0.15) is 11.4 Å². The predicted octanol–water partition coefficient (Wildman–Crippen LogP) is 2.54. The second-order valence-electron chi connectivity index (χ2n) is 5.12. The molecule has 0 amide bonds. The number of aromatic nitrogens is 3. The minimum atomic E-state index is -0.457. The van der Waals surface area contributed by atoms with Gasteiger partial charge in [-0.1, -0.05) is 24.3 Å². The molecule has 3 rings (SSSR count). The molecule has 2 aromatic carbocycles. The summed E-state index contributed by atoms with van der Waals surface area (Å²) in [5.41, 5.74) is 0.741. The van der Waals surface area contributed by atoms with Crippen LogP contribution in [0.2, 0.25) is 0 Å². The van der Waals surface area contributed by atoms with Crippen LogP contribution in [0.4, 0.5) is 4.39 Å². The molecule has 0 bridgehead atoms. The second kappa shape index (κ2) is 6.08. The summed E-state index contributed by atoms with van der Waals surface area (Å²) in [5, 5.41) is 4.23. The molecule has 0 atom stereocenters. The normalized spacial score (nSPS) is 10.7. The SMILES string of the molecule is COc1ccc(Cn2nc(C)n(-c3ccccc3F)c2=O)cc1. The maximum atomic E-state index is 13.9. The van der Waals surface area contributed by atoms with Crippen molar-refractivity contribution in [1.29, 1.82) is 0 Å². The summed E-state index contributed by atoms with van der Waals surface area (Å²) < 4.78 is 21.7. The van der Waals surface area contributed by atoms with Crippen LogP contribution in [-0.4, -0.2) is 21.5 Å². The van der Waals surface area contributed by atoms with E-state index in [-0.39, 0.29) is 11.4 Å². The number of hydrogen-bond donors (Lipinski definition) is 0. The molecule has 5 nitrogen and oxygen atoms in total. The Balaban J connectivity index is 1.98. The van der Waals surface area contributed by atoms with E-state index in [1.54, 1.807) is 32.2 Å². The molecule has 23 heavy (non-hydrogen) atoms. The predicted molar refractivity (Wildman–Crippen MR) is 84.6 cm³/mol. The minimum absolute atomic E-state index is 0.205. The molecule has 0 unspecified atom stereocenters. The fourth-order valence-electron chi connectivity index (χ4n) is 2.43. The maximum absolute atomic E-state index is 13.9. The van der Waals surface area contributed by atoms with E-state index in [4.69, 9.17) is 4.74 Å². The van der Waals surface area contributed by atoms with Gasteiger partial charge < -0.3 is 4.74 Å². The van der Waals surface area contributed by atoms with Crippen molar-refractivity contribution in [3.05, 3.63) is 76.2 Å². The lowest BCUT2D eigenvalue weighted by Crippen LogP contribution is -2.25. The third kappa shape index (κ3) is 2.88. The molecule has 0 N–H and O–H groups in total. The number of aryl methyl sites for hydroxylation is 1. The van der Waals surface area contributed by atoms with E-state index in [9.17, 15) is 9.18 Å². The summed E-state index contributed by atoms with van der Waals surface area (Å²) in [6.45, 7) is 1.99. The zero-order valence-corrected chi connectivity index (χ0v) is 12.9. The van der Waals surface area contributed by atoms with Crippen molar-refractivity contribution < 1.29 is 9.13 Å². The van der Waals surface area contributed by atoms with Crippen LogP contribution in [0, 0.1) is 12.7 Å². The Labute approximate surface area is 132 Å². The molecule has 0 radical (unpaired) electrons. The minimum Gasteiger partial charge on any atom is -0.497 e. The van der Waals surface area contributed by atoms with Crippen molar-refractivity contribution >= 4 is 0 Å². The van der Waals surface area contributed by atoms with E-state index >= 15 is 0 Å². The van der Waals surface area contributed by atoms with Crippen LogP contribution in [0.5, 0.6) is 5.75 Å². The Bertz CT molecular complexity index is 882. The first-order chi connectivity index (χ1) is 11.1. The molecule has 1 aromatic heterocycles. The first-order valence-corrected chi connectivity index (χ1v) is 7.14. The van der Waals surface area contributed by atoms with Gasteiger partial charge in [0, 0.05) is 0 Å². The van der Waals surface area contributed by atoms with E-state index in [2.05, 4.69) is 5.10 Å². The highest BCUT2D eigenvalue weighted by atomic mass is 19.1. The summed E-state index contributed by atoms with van der Waals surface area (Å²) in [6.07, 6.45) is 0. The molecular formula is C17H16FN3O2. The third-order valence-corrected chi connectivity index (χ3v) is 3.59. The molecule has 0 fully saturated rings. The Morgan fingerprint density at radius 2 is 1.83 bits per heavy atom. The van der Waals surface area contributed by atoms with Gasteiger partial charge in [0.05, 0.1) is 19.3 Å². The van der Waals surface area contributed by atoms with Crippen molar-refractivity contribution in [2.75, 3.05) is 7.11 Å². The number of benzene rings is 2. The van der Waals surface area contributed by atoms with E-state index in [1.807, 2.05) is 24.3 Å². The van der Waals surface area contributed by atoms with Gasteiger partial charge in [-0.05, 0) is 36.8 Å². The van der Waals surface area contributed by atoms with Gasteiger partial charge in [-0.3, -0.25) is 0 Å². The van der Waals surface area contributed by atoms with Gasteiger partial charge in [-0.15, -0.1) is 0 Å². The van der Waals surface area contributed by atoms with Gasteiger partial charge in [0.1, 0.15) is 17.4 Å². The topological polar surface area (TPSA) is 49.0 Å². The van der Waals surface area contributed by atoms with Gasteiger partial charge in [-0.2, -0.15) is 5.10 Å². The van der Waals surface area contributed by atoms with E-state index in [1.165, 1.54) is 15.3 Å². The number of para-hydroxylation sites is 1. The second-order valence-corrected chi connectivity index (χ2v) is 5.12. The van der Waals surface area contributed by atoms with Crippen molar-refractivity contribution in [2.45, 2.75) is 13.5 Å². The van der Waals surface area contributed by atoms with Gasteiger partial charge in [0.25, 0.3) is 0 Å². The fourth-order valence-corrected chi connectivity index (χ4v) is 2.43. The average Bonchev–Trinajstić information content (AvgIpc) is 2.83. The third-order valence-electron chi connectivity index (χ3n) is 3.59.